The zero-order valence-electron chi connectivity index (χ0n) is 15.3. The quantitative estimate of drug-likeness (QED) is 0.502. The first-order valence-corrected chi connectivity index (χ1v) is 9.10. The summed E-state index contributed by atoms with van der Waals surface area (Å²) in [6.45, 7) is 8.18. The summed E-state index contributed by atoms with van der Waals surface area (Å²) < 4.78 is 1.73. The highest BCUT2D eigenvalue weighted by Gasteiger charge is 2.11. The standard InChI is InChI=1S/C21H21N3O2S/c1-4-10-24-20(26)17-9-8-15(12-18(17)23-21(24)27)19(25)22-16-7-5-6-14(11-16)13(2)3/h4-9,11-13H,1,10H2,2-3H3,(H,22,25)(H,23,27). The average Bonchev–Trinajstić information content (AvgIpc) is 2.64. The summed E-state index contributed by atoms with van der Waals surface area (Å²) in [4.78, 5) is 28.2. The third kappa shape index (κ3) is 3.90. The van der Waals surface area contributed by atoms with Gasteiger partial charge in [0, 0.05) is 17.8 Å². The average molecular weight is 379 g/mol. The Kier molecular flexibility index (Phi) is 5.37. The second-order valence-corrected chi connectivity index (χ2v) is 7.02. The van der Waals surface area contributed by atoms with Crippen molar-refractivity contribution in [2.45, 2.75) is 26.3 Å². The van der Waals surface area contributed by atoms with Crippen LogP contribution in [0, 0.1) is 4.77 Å². The molecule has 2 aromatic carbocycles. The zero-order valence-corrected chi connectivity index (χ0v) is 16.1. The summed E-state index contributed by atoms with van der Waals surface area (Å²) in [5, 5.41) is 3.38. The number of amides is 1. The van der Waals surface area contributed by atoms with E-state index in [0.29, 0.717) is 33.7 Å². The fourth-order valence-electron chi connectivity index (χ4n) is 2.87. The van der Waals surface area contributed by atoms with Crippen molar-refractivity contribution in [3.63, 3.8) is 0 Å². The molecule has 0 unspecified atom stereocenters. The molecule has 0 spiro atoms. The van der Waals surface area contributed by atoms with Gasteiger partial charge < -0.3 is 10.3 Å². The number of benzene rings is 2. The summed E-state index contributed by atoms with van der Waals surface area (Å²) >= 11 is 5.24. The van der Waals surface area contributed by atoms with Gasteiger partial charge in [0.25, 0.3) is 11.5 Å². The number of nitrogens with zero attached hydrogens (tertiary/aromatic N) is 1. The summed E-state index contributed by atoms with van der Waals surface area (Å²) in [7, 11) is 0. The first-order chi connectivity index (χ1) is 12.9. The van der Waals surface area contributed by atoms with Crippen LogP contribution in [-0.2, 0) is 6.54 Å². The fourth-order valence-corrected chi connectivity index (χ4v) is 3.14. The molecule has 27 heavy (non-hydrogen) atoms. The molecule has 3 rings (SSSR count). The van der Waals surface area contributed by atoms with Gasteiger partial charge in [-0.05, 0) is 54.0 Å². The van der Waals surface area contributed by atoms with Gasteiger partial charge in [-0.1, -0.05) is 32.1 Å². The van der Waals surface area contributed by atoms with Crippen molar-refractivity contribution in [2.24, 2.45) is 0 Å². The minimum absolute atomic E-state index is 0.203. The van der Waals surface area contributed by atoms with E-state index in [0.717, 1.165) is 11.3 Å². The van der Waals surface area contributed by atoms with Crippen LogP contribution in [0.3, 0.4) is 0 Å². The van der Waals surface area contributed by atoms with E-state index >= 15 is 0 Å². The van der Waals surface area contributed by atoms with Crippen LogP contribution in [0.4, 0.5) is 5.69 Å². The van der Waals surface area contributed by atoms with Crippen LogP contribution in [-0.4, -0.2) is 15.5 Å². The molecule has 5 nitrogen and oxygen atoms in total. The number of rotatable bonds is 5. The van der Waals surface area contributed by atoms with Gasteiger partial charge >= 0.3 is 0 Å². The molecule has 2 N–H and O–H groups in total. The summed E-state index contributed by atoms with van der Waals surface area (Å²) in [6.07, 6.45) is 1.62. The third-order valence-corrected chi connectivity index (χ3v) is 4.69. The number of anilines is 1. The summed E-state index contributed by atoms with van der Waals surface area (Å²) in [5.41, 5.74) is 2.67. The van der Waals surface area contributed by atoms with Gasteiger partial charge in [0.15, 0.2) is 4.77 Å². The van der Waals surface area contributed by atoms with Gasteiger partial charge in [-0.25, -0.2) is 0 Å². The Balaban J connectivity index is 1.95. The Hall–Kier alpha value is -2.99. The maximum atomic E-state index is 12.6. The smallest absolute Gasteiger partial charge is 0.262 e. The van der Waals surface area contributed by atoms with Crippen molar-refractivity contribution in [1.29, 1.82) is 0 Å². The molecule has 0 saturated carbocycles. The molecular weight excluding hydrogens is 358 g/mol. The molecule has 0 bridgehead atoms. The van der Waals surface area contributed by atoms with E-state index in [1.54, 1.807) is 24.3 Å². The molecule has 0 radical (unpaired) electrons. The maximum Gasteiger partial charge on any atom is 0.262 e. The minimum Gasteiger partial charge on any atom is -0.332 e. The lowest BCUT2D eigenvalue weighted by atomic mass is 10.0. The van der Waals surface area contributed by atoms with Crippen LogP contribution in [0.25, 0.3) is 10.9 Å². The maximum absolute atomic E-state index is 12.6. The first kappa shape index (κ1) is 18.8. The molecule has 0 aliphatic rings. The van der Waals surface area contributed by atoms with E-state index in [2.05, 4.69) is 30.7 Å². The molecule has 1 heterocycles. The van der Waals surface area contributed by atoms with Gasteiger partial charge in [0.2, 0.25) is 0 Å². The topological polar surface area (TPSA) is 66.9 Å². The molecule has 0 fully saturated rings. The number of carbonyl (C=O) groups is 1. The lowest BCUT2D eigenvalue weighted by Crippen LogP contribution is -2.22. The Morgan fingerprint density at radius 3 is 2.78 bits per heavy atom. The number of carbonyl (C=O) groups excluding carboxylic acids is 1. The molecule has 0 aliphatic carbocycles. The van der Waals surface area contributed by atoms with Crippen LogP contribution < -0.4 is 10.9 Å². The fraction of sp³-hybridized carbons (Fsp3) is 0.190. The van der Waals surface area contributed by atoms with Gasteiger partial charge in [-0.15, -0.1) is 6.58 Å². The normalized spacial score (nSPS) is 10.9. The Morgan fingerprint density at radius 2 is 2.07 bits per heavy atom. The summed E-state index contributed by atoms with van der Waals surface area (Å²) in [6, 6.07) is 12.7. The molecule has 0 aliphatic heterocycles. The molecule has 3 aromatic rings. The number of hydrogen-bond acceptors (Lipinski definition) is 3. The van der Waals surface area contributed by atoms with Crippen molar-refractivity contribution in [3.05, 3.63) is 81.4 Å². The van der Waals surface area contributed by atoms with E-state index < -0.39 is 0 Å². The highest BCUT2D eigenvalue weighted by atomic mass is 32.1. The van der Waals surface area contributed by atoms with E-state index in [4.69, 9.17) is 12.2 Å². The zero-order chi connectivity index (χ0) is 19.6. The number of nitrogens with one attached hydrogen (secondary N) is 2. The highest BCUT2D eigenvalue weighted by molar-refractivity contribution is 7.71. The first-order valence-electron chi connectivity index (χ1n) is 8.70. The molecule has 0 atom stereocenters. The number of hydrogen-bond donors (Lipinski definition) is 2. The van der Waals surface area contributed by atoms with Gasteiger partial charge in [0.1, 0.15) is 0 Å². The van der Waals surface area contributed by atoms with E-state index in [-0.39, 0.29) is 11.5 Å². The Morgan fingerprint density at radius 1 is 1.30 bits per heavy atom. The largest absolute Gasteiger partial charge is 0.332 e. The Labute approximate surface area is 162 Å². The molecule has 0 saturated heterocycles. The van der Waals surface area contributed by atoms with E-state index in [9.17, 15) is 9.59 Å². The third-order valence-electron chi connectivity index (χ3n) is 4.37. The van der Waals surface area contributed by atoms with Crippen LogP contribution in [0.15, 0.2) is 59.9 Å². The molecule has 1 amide bonds. The predicted molar refractivity (Wildman–Crippen MR) is 112 cm³/mol. The summed E-state index contributed by atoms with van der Waals surface area (Å²) in [5.74, 6) is 0.132. The lowest BCUT2D eigenvalue weighted by Gasteiger charge is -2.10. The SMILES string of the molecule is C=CCn1c(=S)[nH]c2cc(C(=O)Nc3cccc(C(C)C)c3)ccc2c1=O. The molecule has 138 valence electrons. The van der Waals surface area contributed by atoms with Gasteiger partial charge in [0.05, 0.1) is 10.9 Å². The van der Waals surface area contributed by atoms with E-state index in [1.165, 1.54) is 4.57 Å². The number of allylic oxidation sites excluding steroid dienone is 1. The van der Waals surface area contributed by atoms with Crippen molar-refractivity contribution < 1.29 is 4.79 Å². The molecule has 1 aromatic heterocycles. The Bertz CT molecular complexity index is 1140. The van der Waals surface area contributed by atoms with Crippen LogP contribution >= 0.6 is 12.2 Å². The number of aromatic nitrogens is 2. The minimum atomic E-state index is -0.243. The van der Waals surface area contributed by atoms with Crippen LogP contribution in [0.5, 0.6) is 0 Å². The van der Waals surface area contributed by atoms with E-state index in [1.807, 2.05) is 24.3 Å². The van der Waals surface area contributed by atoms with Crippen molar-refractivity contribution in [3.8, 4) is 0 Å². The second-order valence-electron chi connectivity index (χ2n) is 6.63. The molecule has 6 heteroatoms. The van der Waals surface area contributed by atoms with Gasteiger partial charge in [-0.2, -0.15) is 0 Å². The highest BCUT2D eigenvalue weighted by Crippen LogP contribution is 2.19. The lowest BCUT2D eigenvalue weighted by molar-refractivity contribution is 0.102. The second kappa shape index (κ2) is 7.72. The van der Waals surface area contributed by atoms with Crippen molar-refractivity contribution in [1.82, 2.24) is 9.55 Å². The van der Waals surface area contributed by atoms with Gasteiger partial charge in [-0.3, -0.25) is 14.2 Å². The molecular formula is C21H21N3O2S. The number of fused-ring (bicyclic) bond motifs is 1. The van der Waals surface area contributed by atoms with Crippen molar-refractivity contribution >= 4 is 34.7 Å². The van der Waals surface area contributed by atoms with Crippen molar-refractivity contribution in [2.75, 3.05) is 5.32 Å². The number of H-pyrrole nitrogens is 1. The predicted octanol–water partition coefficient (Wildman–Crippen LogP) is 4.62. The number of aromatic amines is 1. The monoisotopic (exact) mass is 379 g/mol. The van der Waals surface area contributed by atoms with Crippen LogP contribution in [0.1, 0.15) is 35.7 Å². The van der Waals surface area contributed by atoms with Crippen LogP contribution in [0.2, 0.25) is 0 Å².